The Labute approximate surface area is 95.6 Å². The predicted molar refractivity (Wildman–Crippen MR) is 58.8 cm³/mol. The van der Waals surface area contributed by atoms with Crippen molar-refractivity contribution in [2.45, 2.75) is 40.2 Å². The summed E-state index contributed by atoms with van der Waals surface area (Å²) >= 11 is 0. The molecule has 4 heteroatoms. The summed E-state index contributed by atoms with van der Waals surface area (Å²) in [5, 5.41) is 8.93. The van der Waals surface area contributed by atoms with Gasteiger partial charge >= 0.3 is 5.97 Å². The van der Waals surface area contributed by atoms with Gasteiger partial charge in [-0.2, -0.15) is 0 Å². The van der Waals surface area contributed by atoms with Crippen molar-refractivity contribution in [1.29, 1.82) is 0 Å². The molecule has 90 valence electrons. The minimum Gasteiger partial charge on any atom is -0.481 e. The van der Waals surface area contributed by atoms with E-state index in [4.69, 9.17) is 5.11 Å². The Morgan fingerprint density at radius 3 is 2.12 bits per heavy atom. The summed E-state index contributed by atoms with van der Waals surface area (Å²) in [5.74, 6) is -1.37. The first-order valence-corrected chi connectivity index (χ1v) is 5.72. The number of nitrogens with zero attached hydrogens (tertiary/aromatic N) is 1. The van der Waals surface area contributed by atoms with Crippen LogP contribution in [-0.4, -0.2) is 34.5 Å². The number of amides is 1. The number of hydrogen-bond donors (Lipinski definition) is 1. The van der Waals surface area contributed by atoms with Crippen LogP contribution < -0.4 is 0 Å². The number of hydrogen-bond acceptors (Lipinski definition) is 2. The van der Waals surface area contributed by atoms with Crippen molar-refractivity contribution in [1.82, 2.24) is 4.90 Å². The van der Waals surface area contributed by atoms with Crippen LogP contribution in [0.25, 0.3) is 0 Å². The lowest BCUT2D eigenvalue weighted by atomic mass is 10.0. The van der Waals surface area contributed by atoms with Gasteiger partial charge in [-0.3, -0.25) is 9.59 Å². The third-order valence-corrected chi connectivity index (χ3v) is 4.76. The van der Waals surface area contributed by atoms with Gasteiger partial charge in [0.2, 0.25) is 5.91 Å². The molecule has 1 saturated carbocycles. The van der Waals surface area contributed by atoms with E-state index < -0.39 is 11.9 Å². The van der Waals surface area contributed by atoms with E-state index in [1.807, 2.05) is 0 Å². The van der Waals surface area contributed by atoms with Gasteiger partial charge in [0, 0.05) is 19.0 Å². The minimum absolute atomic E-state index is 0.00366. The number of likely N-dealkylation sites (tertiary alicyclic amines) is 1. The first-order valence-electron chi connectivity index (χ1n) is 5.72. The van der Waals surface area contributed by atoms with Crippen molar-refractivity contribution < 1.29 is 14.7 Å². The van der Waals surface area contributed by atoms with Crippen molar-refractivity contribution in [2.75, 3.05) is 6.54 Å². The third-order valence-electron chi connectivity index (χ3n) is 4.76. The van der Waals surface area contributed by atoms with E-state index in [1.165, 1.54) is 0 Å². The van der Waals surface area contributed by atoms with Crippen LogP contribution in [0.5, 0.6) is 0 Å². The normalized spacial score (nSPS) is 31.9. The second-order valence-corrected chi connectivity index (χ2v) is 6.13. The van der Waals surface area contributed by atoms with E-state index in [1.54, 1.807) is 4.90 Å². The number of aliphatic carboxylic acids is 1. The molecule has 1 aliphatic heterocycles. The second-order valence-electron chi connectivity index (χ2n) is 6.13. The van der Waals surface area contributed by atoms with Gasteiger partial charge in [0.05, 0.1) is 5.92 Å². The van der Waals surface area contributed by atoms with Gasteiger partial charge in [0.25, 0.3) is 0 Å². The topological polar surface area (TPSA) is 57.6 Å². The fraction of sp³-hybridized carbons (Fsp3) is 0.833. The van der Waals surface area contributed by atoms with Crippen LogP contribution in [0.4, 0.5) is 0 Å². The highest BCUT2D eigenvalue weighted by Crippen LogP contribution is 2.65. The molecule has 0 aromatic rings. The lowest BCUT2D eigenvalue weighted by Gasteiger charge is -2.18. The highest BCUT2D eigenvalue weighted by Gasteiger charge is 2.69. The van der Waals surface area contributed by atoms with Crippen LogP contribution in [0.1, 0.15) is 34.1 Å². The fourth-order valence-electron chi connectivity index (χ4n) is 3.09. The van der Waals surface area contributed by atoms with Crippen molar-refractivity contribution >= 4 is 11.9 Å². The van der Waals surface area contributed by atoms with Gasteiger partial charge in [-0.15, -0.1) is 0 Å². The van der Waals surface area contributed by atoms with E-state index >= 15 is 0 Å². The fourth-order valence-corrected chi connectivity index (χ4v) is 3.09. The molecule has 2 fully saturated rings. The first-order chi connectivity index (χ1) is 7.19. The molecule has 1 amide bonds. The van der Waals surface area contributed by atoms with E-state index in [9.17, 15) is 9.59 Å². The molecule has 0 bridgehead atoms. The molecule has 0 aromatic carbocycles. The van der Waals surface area contributed by atoms with Crippen molar-refractivity contribution in [2.24, 2.45) is 16.7 Å². The van der Waals surface area contributed by atoms with Gasteiger partial charge < -0.3 is 10.0 Å². The van der Waals surface area contributed by atoms with Gasteiger partial charge in [0.1, 0.15) is 0 Å². The Balaban J connectivity index is 2.14. The molecular weight excluding hydrogens is 206 g/mol. The van der Waals surface area contributed by atoms with Crippen molar-refractivity contribution in [3.05, 3.63) is 0 Å². The molecular formula is C12H19NO3. The first kappa shape index (κ1) is 11.4. The molecule has 1 N–H and O–H groups in total. The molecule has 1 unspecified atom stereocenters. The second kappa shape index (κ2) is 2.99. The van der Waals surface area contributed by atoms with Crippen molar-refractivity contribution in [3.63, 3.8) is 0 Å². The number of carboxylic acids is 1. The van der Waals surface area contributed by atoms with Gasteiger partial charge in [-0.05, 0) is 10.8 Å². The molecule has 0 spiro atoms. The molecule has 4 nitrogen and oxygen atoms in total. The average Bonchev–Trinajstić information content (AvgIpc) is 2.44. The maximum Gasteiger partial charge on any atom is 0.308 e. The smallest absolute Gasteiger partial charge is 0.308 e. The summed E-state index contributed by atoms with van der Waals surface area (Å²) in [6, 6.07) is 0.192. The monoisotopic (exact) mass is 225 g/mol. The average molecular weight is 225 g/mol. The quantitative estimate of drug-likeness (QED) is 0.771. The highest BCUT2D eigenvalue weighted by atomic mass is 16.4. The Bertz CT molecular complexity index is 345. The zero-order chi connectivity index (χ0) is 12.3. The lowest BCUT2D eigenvalue weighted by Crippen LogP contribution is -2.32. The SMILES string of the molecule is CC1(C)C(N2CC(C(=O)O)CC2=O)C1(C)C. The van der Waals surface area contributed by atoms with Crippen LogP contribution >= 0.6 is 0 Å². The van der Waals surface area contributed by atoms with E-state index in [-0.39, 0.29) is 29.2 Å². The summed E-state index contributed by atoms with van der Waals surface area (Å²) in [4.78, 5) is 24.5. The number of carbonyl (C=O) groups is 2. The summed E-state index contributed by atoms with van der Waals surface area (Å²) < 4.78 is 0. The molecule has 1 heterocycles. The van der Waals surface area contributed by atoms with Crippen LogP contribution in [0, 0.1) is 16.7 Å². The molecule has 0 aromatic heterocycles. The van der Waals surface area contributed by atoms with Crippen LogP contribution in [-0.2, 0) is 9.59 Å². The predicted octanol–water partition coefficient (Wildman–Crippen LogP) is 1.35. The zero-order valence-corrected chi connectivity index (χ0v) is 10.3. The third kappa shape index (κ3) is 1.28. The molecule has 16 heavy (non-hydrogen) atoms. The standard InChI is InChI=1S/C12H19NO3/c1-11(2)10(12(11,3)4)13-6-7(9(15)16)5-8(13)14/h7,10H,5-6H2,1-4H3,(H,15,16). The van der Waals surface area contributed by atoms with Gasteiger partial charge in [-0.25, -0.2) is 0 Å². The minimum atomic E-state index is -0.855. The maximum absolute atomic E-state index is 11.8. The zero-order valence-electron chi connectivity index (χ0n) is 10.3. The van der Waals surface area contributed by atoms with Crippen molar-refractivity contribution in [3.8, 4) is 0 Å². The maximum atomic E-state index is 11.8. The van der Waals surface area contributed by atoms with Gasteiger partial charge in [0.15, 0.2) is 0 Å². The molecule has 2 rings (SSSR count). The Hall–Kier alpha value is -1.06. The van der Waals surface area contributed by atoms with Crippen LogP contribution in [0.2, 0.25) is 0 Å². The van der Waals surface area contributed by atoms with E-state index in [0.717, 1.165) is 0 Å². The van der Waals surface area contributed by atoms with Crippen LogP contribution in [0.15, 0.2) is 0 Å². The molecule has 1 saturated heterocycles. The summed E-state index contributed by atoms with van der Waals surface area (Å²) in [7, 11) is 0. The van der Waals surface area contributed by atoms with E-state index in [2.05, 4.69) is 27.7 Å². The largest absolute Gasteiger partial charge is 0.481 e. The molecule has 2 aliphatic rings. The number of rotatable bonds is 2. The summed E-state index contributed by atoms with van der Waals surface area (Å²) in [5.41, 5.74) is 0.187. The Kier molecular flexibility index (Phi) is 2.14. The van der Waals surface area contributed by atoms with Gasteiger partial charge in [-0.1, -0.05) is 27.7 Å². The number of carboxylic acid groups (broad SMARTS) is 1. The summed E-state index contributed by atoms with van der Waals surface area (Å²) in [6.07, 6.45) is 0.165. The Morgan fingerprint density at radius 1 is 1.31 bits per heavy atom. The molecule has 1 aliphatic carbocycles. The van der Waals surface area contributed by atoms with E-state index in [0.29, 0.717) is 6.54 Å². The molecule has 0 radical (unpaired) electrons. The molecule has 1 atom stereocenters. The summed E-state index contributed by atoms with van der Waals surface area (Å²) in [6.45, 7) is 8.93. The number of carbonyl (C=O) groups excluding carboxylic acids is 1. The Morgan fingerprint density at radius 2 is 1.81 bits per heavy atom. The lowest BCUT2D eigenvalue weighted by molar-refractivity contribution is -0.141. The van der Waals surface area contributed by atoms with Crippen LogP contribution in [0.3, 0.4) is 0 Å². The highest BCUT2D eigenvalue weighted by molar-refractivity contribution is 5.86.